The normalized spacial score (nSPS) is 17.9. The van der Waals surface area contributed by atoms with Gasteiger partial charge in [-0.1, -0.05) is 53.9 Å². The Labute approximate surface area is 158 Å². The van der Waals surface area contributed by atoms with Crippen LogP contribution < -0.4 is 0 Å². The first-order valence-electron chi connectivity index (χ1n) is 10.6. The monoisotopic (exact) mass is 358 g/mol. The van der Waals surface area contributed by atoms with Crippen LogP contribution in [-0.4, -0.2) is 39.1 Å². The summed E-state index contributed by atoms with van der Waals surface area (Å²) in [6.45, 7) is 17.0. The minimum Gasteiger partial charge on any atom is -0.385 e. The van der Waals surface area contributed by atoms with Crippen LogP contribution >= 0.6 is 0 Å². The molecule has 4 unspecified atom stereocenters. The van der Waals surface area contributed by atoms with E-state index in [9.17, 15) is 0 Å². The molecule has 0 aromatic heterocycles. The lowest BCUT2D eigenvalue weighted by atomic mass is 9.88. The zero-order chi connectivity index (χ0) is 19.1. The van der Waals surface area contributed by atoms with E-state index in [1.807, 2.05) is 0 Å². The number of ether oxygens (including phenoxy) is 3. The van der Waals surface area contributed by atoms with E-state index in [2.05, 4.69) is 41.5 Å². The van der Waals surface area contributed by atoms with Gasteiger partial charge in [-0.25, -0.2) is 0 Å². The SMILES string of the molecule is CCCC(C)C(CC)COC(C)(CC)CCOCCC(C)CCOC. The third-order valence-electron chi connectivity index (χ3n) is 5.81. The maximum Gasteiger partial charge on any atom is 0.0674 e. The summed E-state index contributed by atoms with van der Waals surface area (Å²) in [5, 5.41) is 0. The summed E-state index contributed by atoms with van der Waals surface area (Å²) < 4.78 is 17.4. The molecule has 0 aliphatic rings. The zero-order valence-electron chi connectivity index (χ0n) is 18.2. The van der Waals surface area contributed by atoms with Crippen LogP contribution in [0.1, 0.15) is 86.5 Å². The second kappa shape index (κ2) is 15.0. The second-order valence-electron chi connectivity index (χ2n) is 8.09. The number of rotatable bonds is 17. The van der Waals surface area contributed by atoms with Crippen molar-refractivity contribution in [2.75, 3.05) is 33.5 Å². The van der Waals surface area contributed by atoms with Gasteiger partial charge < -0.3 is 14.2 Å². The van der Waals surface area contributed by atoms with Gasteiger partial charge in [0, 0.05) is 26.9 Å². The largest absolute Gasteiger partial charge is 0.385 e. The molecule has 0 bridgehead atoms. The van der Waals surface area contributed by atoms with Gasteiger partial charge in [-0.05, 0) is 50.4 Å². The van der Waals surface area contributed by atoms with Crippen LogP contribution in [0.15, 0.2) is 0 Å². The van der Waals surface area contributed by atoms with Gasteiger partial charge in [0.25, 0.3) is 0 Å². The quantitative estimate of drug-likeness (QED) is 0.294. The van der Waals surface area contributed by atoms with Crippen molar-refractivity contribution in [2.24, 2.45) is 17.8 Å². The summed E-state index contributed by atoms with van der Waals surface area (Å²) in [5.74, 6) is 2.09. The summed E-state index contributed by atoms with van der Waals surface area (Å²) in [5.41, 5.74) is -0.0545. The number of hydrogen-bond acceptors (Lipinski definition) is 3. The molecule has 25 heavy (non-hydrogen) atoms. The summed E-state index contributed by atoms with van der Waals surface area (Å²) >= 11 is 0. The molecular weight excluding hydrogens is 312 g/mol. The molecule has 0 saturated heterocycles. The lowest BCUT2D eigenvalue weighted by molar-refractivity contribution is -0.0763. The molecule has 3 nitrogen and oxygen atoms in total. The first kappa shape index (κ1) is 24.9. The summed E-state index contributed by atoms with van der Waals surface area (Å²) in [6, 6.07) is 0. The Kier molecular flexibility index (Phi) is 14.9. The fourth-order valence-corrected chi connectivity index (χ4v) is 3.17. The van der Waals surface area contributed by atoms with E-state index in [4.69, 9.17) is 14.2 Å². The van der Waals surface area contributed by atoms with Crippen molar-refractivity contribution in [3.05, 3.63) is 0 Å². The van der Waals surface area contributed by atoms with Crippen LogP contribution in [-0.2, 0) is 14.2 Å². The van der Waals surface area contributed by atoms with Crippen molar-refractivity contribution in [1.82, 2.24) is 0 Å². The van der Waals surface area contributed by atoms with E-state index in [0.717, 1.165) is 58.0 Å². The summed E-state index contributed by atoms with van der Waals surface area (Å²) in [6.07, 6.45) is 8.02. The molecule has 0 aliphatic carbocycles. The van der Waals surface area contributed by atoms with E-state index in [-0.39, 0.29) is 5.60 Å². The third kappa shape index (κ3) is 12.0. The highest BCUT2D eigenvalue weighted by atomic mass is 16.5. The molecule has 0 aliphatic heterocycles. The maximum atomic E-state index is 6.38. The molecule has 0 aromatic rings. The van der Waals surface area contributed by atoms with Gasteiger partial charge in [0.05, 0.1) is 12.2 Å². The van der Waals surface area contributed by atoms with Crippen LogP contribution in [0.25, 0.3) is 0 Å². The smallest absolute Gasteiger partial charge is 0.0674 e. The molecule has 0 spiro atoms. The van der Waals surface area contributed by atoms with E-state index in [1.54, 1.807) is 7.11 Å². The minimum atomic E-state index is -0.0545. The molecule has 152 valence electrons. The Bertz CT molecular complexity index is 295. The lowest BCUT2D eigenvalue weighted by Crippen LogP contribution is -2.33. The predicted molar refractivity (Wildman–Crippen MR) is 108 cm³/mol. The predicted octanol–water partition coefficient (Wildman–Crippen LogP) is 6.10. The Hall–Kier alpha value is -0.120. The highest BCUT2D eigenvalue weighted by Crippen LogP contribution is 2.26. The van der Waals surface area contributed by atoms with Gasteiger partial charge in [0.15, 0.2) is 0 Å². The van der Waals surface area contributed by atoms with Crippen molar-refractivity contribution in [3.8, 4) is 0 Å². The maximum absolute atomic E-state index is 6.38. The van der Waals surface area contributed by atoms with Crippen LogP contribution in [0.5, 0.6) is 0 Å². The first-order valence-corrected chi connectivity index (χ1v) is 10.6. The Morgan fingerprint density at radius 2 is 1.60 bits per heavy atom. The number of hydrogen-bond donors (Lipinski definition) is 0. The Morgan fingerprint density at radius 3 is 2.16 bits per heavy atom. The van der Waals surface area contributed by atoms with Crippen LogP contribution in [0.2, 0.25) is 0 Å². The van der Waals surface area contributed by atoms with E-state index >= 15 is 0 Å². The lowest BCUT2D eigenvalue weighted by Gasteiger charge is -2.32. The molecular formula is C22H46O3. The van der Waals surface area contributed by atoms with Gasteiger partial charge >= 0.3 is 0 Å². The standard InChI is InChI=1S/C22H46O3/c1-8-11-20(5)21(9-2)18-25-22(6,10-3)14-17-24-16-13-19(4)12-15-23-7/h19-21H,8-18H2,1-7H3. The topological polar surface area (TPSA) is 27.7 Å². The molecule has 0 saturated carbocycles. The Balaban J connectivity index is 4.07. The van der Waals surface area contributed by atoms with Crippen molar-refractivity contribution in [3.63, 3.8) is 0 Å². The van der Waals surface area contributed by atoms with Crippen LogP contribution in [0.4, 0.5) is 0 Å². The first-order chi connectivity index (χ1) is 11.9. The van der Waals surface area contributed by atoms with Gasteiger partial charge in [-0.15, -0.1) is 0 Å². The zero-order valence-corrected chi connectivity index (χ0v) is 18.2. The molecule has 0 rings (SSSR count). The van der Waals surface area contributed by atoms with Crippen LogP contribution in [0, 0.1) is 17.8 Å². The highest BCUT2D eigenvalue weighted by molar-refractivity contribution is 4.75. The molecule has 4 atom stereocenters. The molecule has 0 heterocycles. The van der Waals surface area contributed by atoms with Gasteiger partial charge in [-0.3, -0.25) is 0 Å². The molecule has 0 radical (unpaired) electrons. The third-order valence-corrected chi connectivity index (χ3v) is 5.81. The molecule has 0 fully saturated rings. The highest BCUT2D eigenvalue weighted by Gasteiger charge is 2.25. The van der Waals surface area contributed by atoms with Gasteiger partial charge in [0.2, 0.25) is 0 Å². The van der Waals surface area contributed by atoms with E-state index < -0.39 is 0 Å². The number of methoxy groups -OCH3 is 1. The van der Waals surface area contributed by atoms with E-state index in [0.29, 0.717) is 11.8 Å². The molecule has 0 N–H and O–H groups in total. The summed E-state index contributed by atoms with van der Waals surface area (Å²) in [7, 11) is 1.76. The average molecular weight is 359 g/mol. The average Bonchev–Trinajstić information content (AvgIpc) is 2.60. The van der Waals surface area contributed by atoms with Crippen molar-refractivity contribution < 1.29 is 14.2 Å². The fraction of sp³-hybridized carbons (Fsp3) is 1.00. The van der Waals surface area contributed by atoms with E-state index in [1.165, 1.54) is 19.3 Å². The molecule has 0 amide bonds. The second-order valence-corrected chi connectivity index (χ2v) is 8.09. The molecule has 0 aromatic carbocycles. The summed E-state index contributed by atoms with van der Waals surface area (Å²) in [4.78, 5) is 0. The van der Waals surface area contributed by atoms with Crippen molar-refractivity contribution >= 4 is 0 Å². The van der Waals surface area contributed by atoms with Crippen molar-refractivity contribution in [2.45, 2.75) is 92.1 Å². The van der Waals surface area contributed by atoms with Crippen LogP contribution in [0.3, 0.4) is 0 Å². The molecule has 3 heteroatoms. The Morgan fingerprint density at radius 1 is 0.920 bits per heavy atom. The minimum absolute atomic E-state index is 0.0545. The van der Waals surface area contributed by atoms with Gasteiger partial charge in [-0.2, -0.15) is 0 Å². The van der Waals surface area contributed by atoms with Gasteiger partial charge in [0.1, 0.15) is 0 Å². The fourth-order valence-electron chi connectivity index (χ4n) is 3.17. The van der Waals surface area contributed by atoms with Crippen molar-refractivity contribution in [1.29, 1.82) is 0 Å².